The number of piperidine rings is 1. The average molecular weight is 426 g/mol. The van der Waals surface area contributed by atoms with Gasteiger partial charge < -0.3 is 4.74 Å². The minimum atomic E-state index is -4.68. The van der Waals surface area contributed by atoms with Gasteiger partial charge >= 0.3 is 6.36 Å². The highest BCUT2D eigenvalue weighted by molar-refractivity contribution is 9.10. The van der Waals surface area contributed by atoms with Crippen LogP contribution in [0.15, 0.2) is 53.0 Å². The molecule has 1 saturated carbocycles. The van der Waals surface area contributed by atoms with Crippen molar-refractivity contribution in [2.24, 2.45) is 11.3 Å². The third kappa shape index (κ3) is 3.37. The molecule has 2 aliphatic rings. The molecule has 4 rings (SSSR count). The van der Waals surface area contributed by atoms with E-state index in [1.807, 2.05) is 24.3 Å². The van der Waals surface area contributed by atoms with Crippen LogP contribution >= 0.6 is 15.9 Å². The van der Waals surface area contributed by atoms with Gasteiger partial charge in [0.1, 0.15) is 5.75 Å². The van der Waals surface area contributed by atoms with E-state index in [1.54, 1.807) is 6.07 Å². The van der Waals surface area contributed by atoms with Crippen molar-refractivity contribution < 1.29 is 17.9 Å². The van der Waals surface area contributed by atoms with Gasteiger partial charge in [-0.25, -0.2) is 0 Å². The molecule has 2 aromatic carbocycles. The summed E-state index contributed by atoms with van der Waals surface area (Å²) < 4.78 is 42.2. The molecule has 0 bridgehead atoms. The van der Waals surface area contributed by atoms with Crippen LogP contribution in [0.25, 0.3) is 0 Å². The molecule has 3 atom stereocenters. The Balaban J connectivity index is 1.46. The molecule has 0 N–H and O–H groups in total. The normalized spacial score (nSPS) is 28.0. The Morgan fingerprint density at radius 1 is 1.19 bits per heavy atom. The van der Waals surface area contributed by atoms with E-state index in [0.717, 1.165) is 25.2 Å². The van der Waals surface area contributed by atoms with Crippen molar-refractivity contribution in [2.45, 2.75) is 25.7 Å². The number of rotatable bonds is 4. The van der Waals surface area contributed by atoms with E-state index in [4.69, 9.17) is 0 Å². The molecule has 1 aliphatic heterocycles. The monoisotopic (exact) mass is 425 g/mol. The summed E-state index contributed by atoms with van der Waals surface area (Å²) in [4.78, 5) is 2.43. The van der Waals surface area contributed by atoms with Gasteiger partial charge in [-0.1, -0.05) is 43.3 Å². The zero-order valence-corrected chi connectivity index (χ0v) is 15.8. The van der Waals surface area contributed by atoms with Gasteiger partial charge in [-0.15, -0.1) is 13.2 Å². The van der Waals surface area contributed by atoms with Crippen molar-refractivity contribution in [1.29, 1.82) is 0 Å². The van der Waals surface area contributed by atoms with Gasteiger partial charge in [0.2, 0.25) is 0 Å². The Labute approximate surface area is 159 Å². The Kier molecular flexibility index (Phi) is 4.31. The quantitative estimate of drug-likeness (QED) is 0.633. The first-order valence-electron chi connectivity index (χ1n) is 8.58. The van der Waals surface area contributed by atoms with Gasteiger partial charge in [0.05, 0.1) is 4.47 Å². The molecule has 1 heterocycles. The first-order valence-corrected chi connectivity index (χ1v) is 9.37. The summed E-state index contributed by atoms with van der Waals surface area (Å²) in [6.45, 7) is 5.09. The van der Waals surface area contributed by atoms with Crippen molar-refractivity contribution in [3.8, 4) is 5.75 Å². The molecule has 1 aliphatic carbocycles. The molecule has 0 spiro atoms. The Hall–Kier alpha value is -1.53. The highest BCUT2D eigenvalue weighted by Gasteiger charge is 2.65. The molecule has 138 valence electrons. The highest BCUT2D eigenvalue weighted by Crippen LogP contribution is 2.68. The van der Waals surface area contributed by atoms with Crippen molar-refractivity contribution >= 4 is 15.9 Å². The van der Waals surface area contributed by atoms with Gasteiger partial charge in [-0.2, -0.15) is 0 Å². The number of hydrogen-bond donors (Lipinski definition) is 0. The molecule has 2 nitrogen and oxygen atoms in total. The SMILES string of the molecule is C[C@]12CN(Cc3ccccc3)C[C@H]1[C@@H]2c1ccc(Br)c(OC(F)(F)F)c1. The summed E-state index contributed by atoms with van der Waals surface area (Å²) in [6.07, 6.45) is -4.68. The fourth-order valence-corrected chi connectivity index (χ4v) is 4.83. The standard InChI is InChI=1S/C20H19BrF3NO/c1-19-12-25(10-13-5-3-2-4-6-13)11-15(19)18(19)14-7-8-16(21)17(9-14)26-20(22,23)24/h2-9,15,18H,10-12H2,1H3/t15-,18-,19-/m0/s1. The summed E-state index contributed by atoms with van der Waals surface area (Å²) in [5.74, 6) is 0.606. The smallest absolute Gasteiger partial charge is 0.405 e. The van der Waals surface area contributed by atoms with E-state index in [1.165, 1.54) is 11.6 Å². The van der Waals surface area contributed by atoms with E-state index in [0.29, 0.717) is 16.3 Å². The number of benzene rings is 2. The lowest BCUT2D eigenvalue weighted by Crippen LogP contribution is -2.25. The van der Waals surface area contributed by atoms with Crippen LogP contribution < -0.4 is 4.74 Å². The van der Waals surface area contributed by atoms with Crippen LogP contribution in [0.1, 0.15) is 24.0 Å². The predicted octanol–water partition coefficient (Wildman–Crippen LogP) is 5.58. The van der Waals surface area contributed by atoms with Crippen LogP contribution in [-0.2, 0) is 6.54 Å². The fraction of sp³-hybridized carbons (Fsp3) is 0.400. The van der Waals surface area contributed by atoms with E-state index in [2.05, 4.69) is 44.6 Å². The van der Waals surface area contributed by atoms with E-state index >= 15 is 0 Å². The van der Waals surface area contributed by atoms with Crippen molar-refractivity contribution in [2.75, 3.05) is 13.1 Å². The lowest BCUT2D eigenvalue weighted by molar-refractivity contribution is -0.274. The maximum absolute atomic E-state index is 12.6. The molecule has 1 saturated heterocycles. The molecule has 0 radical (unpaired) electrons. The number of ether oxygens (including phenoxy) is 1. The van der Waals surface area contributed by atoms with Gasteiger partial charge in [0.15, 0.2) is 0 Å². The Morgan fingerprint density at radius 2 is 1.92 bits per heavy atom. The number of fused-ring (bicyclic) bond motifs is 1. The van der Waals surface area contributed by atoms with Crippen molar-refractivity contribution in [3.63, 3.8) is 0 Å². The second kappa shape index (κ2) is 6.27. The minimum Gasteiger partial charge on any atom is -0.405 e. The molecular formula is C20H19BrF3NO. The molecule has 0 aromatic heterocycles. The first-order chi connectivity index (χ1) is 12.3. The van der Waals surface area contributed by atoms with Crippen LogP contribution in [0.4, 0.5) is 13.2 Å². The summed E-state index contributed by atoms with van der Waals surface area (Å²) in [5, 5.41) is 0. The summed E-state index contributed by atoms with van der Waals surface area (Å²) in [6, 6.07) is 15.4. The summed E-state index contributed by atoms with van der Waals surface area (Å²) in [5.41, 5.74) is 2.34. The van der Waals surface area contributed by atoms with Crippen LogP contribution in [0, 0.1) is 11.3 Å². The number of halogens is 4. The van der Waals surface area contributed by atoms with Crippen LogP contribution in [0.2, 0.25) is 0 Å². The van der Waals surface area contributed by atoms with Crippen molar-refractivity contribution in [3.05, 3.63) is 64.1 Å². The largest absolute Gasteiger partial charge is 0.573 e. The number of alkyl halides is 3. The van der Waals surface area contributed by atoms with Crippen LogP contribution in [0.5, 0.6) is 5.75 Å². The average Bonchev–Trinajstić information content (AvgIpc) is 2.97. The zero-order chi connectivity index (χ0) is 18.5. The molecule has 26 heavy (non-hydrogen) atoms. The number of nitrogens with zero attached hydrogens (tertiary/aromatic N) is 1. The number of likely N-dealkylation sites (tertiary alicyclic amines) is 1. The third-order valence-electron chi connectivity index (χ3n) is 5.66. The van der Waals surface area contributed by atoms with E-state index in [-0.39, 0.29) is 11.2 Å². The second-order valence-corrected chi connectivity index (χ2v) is 8.34. The Bertz CT molecular complexity index is 810. The first kappa shape index (κ1) is 17.9. The highest BCUT2D eigenvalue weighted by atomic mass is 79.9. The lowest BCUT2D eigenvalue weighted by Gasteiger charge is -2.22. The number of hydrogen-bond acceptors (Lipinski definition) is 2. The van der Waals surface area contributed by atoms with Gasteiger partial charge in [0, 0.05) is 19.6 Å². The zero-order valence-electron chi connectivity index (χ0n) is 14.3. The van der Waals surface area contributed by atoms with Gasteiger partial charge in [-0.05, 0) is 56.4 Å². The summed E-state index contributed by atoms with van der Waals surface area (Å²) in [7, 11) is 0. The minimum absolute atomic E-state index is 0.123. The van der Waals surface area contributed by atoms with Gasteiger partial charge in [-0.3, -0.25) is 4.90 Å². The maximum Gasteiger partial charge on any atom is 0.573 e. The predicted molar refractivity (Wildman–Crippen MR) is 96.9 cm³/mol. The topological polar surface area (TPSA) is 12.5 Å². The Morgan fingerprint density at radius 3 is 2.54 bits per heavy atom. The molecule has 0 amide bonds. The second-order valence-electron chi connectivity index (χ2n) is 7.48. The van der Waals surface area contributed by atoms with E-state index in [9.17, 15) is 13.2 Å². The van der Waals surface area contributed by atoms with Crippen LogP contribution in [0.3, 0.4) is 0 Å². The van der Waals surface area contributed by atoms with E-state index < -0.39 is 6.36 Å². The molecule has 0 unspecified atom stereocenters. The maximum atomic E-state index is 12.6. The van der Waals surface area contributed by atoms with Crippen LogP contribution in [-0.4, -0.2) is 24.4 Å². The third-order valence-corrected chi connectivity index (χ3v) is 6.31. The molecule has 6 heteroatoms. The molecule has 2 fully saturated rings. The van der Waals surface area contributed by atoms with Gasteiger partial charge in [0.25, 0.3) is 0 Å². The molecular weight excluding hydrogens is 407 g/mol. The lowest BCUT2D eigenvalue weighted by atomic mass is 10.0. The molecule has 2 aromatic rings. The fourth-order valence-electron chi connectivity index (χ4n) is 4.51. The van der Waals surface area contributed by atoms with Crippen molar-refractivity contribution in [1.82, 2.24) is 4.90 Å². The summed E-state index contributed by atoms with van der Waals surface area (Å²) >= 11 is 3.14.